The first-order chi connectivity index (χ1) is 11.5. The zero-order chi connectivity index (χ0) is 16.8. The van der Waals surface area contributed by atoms with Gasteiger partial charge in [0.15, 0.2) is 5.88 Å². The quantitative estimate of drug-likeness (QED) is 0.621. The molecule has 2 heterocycles. The van der Waals surface area contributed by atoms with E-state index in [1.54, 1.807) is 0 Å². The van der Waals surface area contributed by atoms with Gasteiger partial charge >= 0.3 is 0 Å². The Hall–Kier alpha value is -2.79. The topological polar surface area (TPSA) is 65.5 Å². The van der Waals surface area contributed by atoms with Crippen molar-refractivity contribution in [2.24, 2.45) is 4.99 Å². The highest BCUT2D eigenvalue weighted by molar-refractivity contribution is 7.80. The summed E-state index contributed by atoms with van der Waals surface area (Å²) >= 11 is 4.27. The number of aromatic amines is 1. The minimum absolute atomic E-state index is 0.0416. The molecule has 1 aromatic heterocycles. The number of thiol groups is 1. The van der Waals surface area contributed by atoms with E-state index in [4.69, 9.17) is 0 Å². The number of amides is 1. The lowest BCUT2D eigenvalue weighted by Gasteiger charge is -2.01. The lowest BCUT2D eigenvalue weighted by molar-refractivity contribution is 0.101. The van der Waals surface area contributed by atoms with E-state index in [-0.39, 0.29) is 11.8 Å². The first kappa shape index (κ1) is 14.8. The highest BCUT2D eigenvalue weighted by Gasteiger charge is 2.33. The molecule has 118 valence electrons. The molecule has 5 heteroatoms. The van der Waals surface area contributed by atoms with Gasteiger partial charge in [0.05, 0.1) is 22.5 Å². The highest BCUT2D eigenvalue weighted by Crippen LogP contribution is 2.38. The number of benzene rings is 2. The molecule has 2 N–H and O–H groups in total. The molecule has 0 atom stereocenters. The van der Waals surface area contributed by atoms with E-state index in [9.17, 15) is 9.90 Å². The number of nitrogens with zero attached hydrogens (tertiary/aromatic N) is 1. The lowest BCUT2D eigenvalue weighted by atomic mass is 9.99. The van der Waals surface area contributed by atoms with Crippen molar-refractivity contribution < 1.29 is 9.90 Å². The lowest BCUT2D eigenvalue weighted by Crippen LogP contribution is -1.99. The van der Waals surface area contributed by atoms with Crippen LogP contribution in [0.1, 0.15) is 27.0 Å². The van der Waals surface area contributed by atoms with Gasteiger partial charge in [0.1, 0.15) is 0 Å². The van der Waals surface area contributed by atoms with Crippen LogP contribution < -0.4 is 0 Å². The normalized spacial score (nSPS) is 13.1. The van der Waals surface area contributed by atoms with Crippen molar-refractivity contribution >= 4 is 24.2 Å². The van der Waals surface area contributed by atoms with Gasteiger partial charge in [0.2, 0.25) is 0 Å². The number of aryl methyl sites for hydroxylation is 1. The van der Waals surface area contributed by atoms with E-state index < -0.39 is 0 Å². The summed E-state index contributed by atoms with van der Waals surface area (Å²) in [5, 5.41) is 10.4. The minimum Gasteiger partial charge on any atom is -0.494 e. The summed E-state index contributed by atoms with van der Waals surface area (Å²) in [7, 11) is 0. The largest absolute Gasteiger partial charge is 0.494 e. The number of hydrogen-bond acceptors (Lipinski definition) is 3. The van der Waals surface area contributed by atoms with E-state index in [1.165, 1.54) is 0 Å². The van der Waals surface area contributed by atoms with Gasteiger partial charge in [-0.1, -0.05) is 42.0 Å². The Morgan fingerprint density at radius 2 is 1.58 bits per heavy atom. The van der Waals surface area contributed by atoms with Crippen molar-refractivity contribution in [1.29, 1.82) is 0 Å². The van der Waals surface area contributed by atoms with Crippen LogP contribution in [0, 0.1) is 6.92 Å². The predicted molar refractivity (Wildman–Crippen MR) is 96.3 cm³/mol. The first-order valence-corrected chi connectivity index (χ1v) is 7.94. The van der Waals surface area contributed by atoms with Gasteiger partial charge in [-0.15, -0.1) is 12.6 Å². The van der Waals surface area contributed by atoms with Gasteiger partial charge in [-0.25, -0.2) is 4.99 Å². The zero-order valence-corrected chi connectivity index (χ0v) is 13.8. The molecule has 0 saturated carbocycles. The van der Waals surface area contributed by atoms with Crippen molar-refractivity contribution in [3.63, 3.8) is 0 Å². The molecule has 1 aliphatic rings. The molecule has 0 aliphatic carbocycles. The molecular weight excluding hydrogens is 320 g/mol. The Labute approximate surface area is 144 Å². The fraction of sp³-hybridized carbons (Fsp3) is 0.0526. The molecule has 0 saturated heterocycles. The fourth-order valence-electron chi connectivity index (χ4n) is 2.91. The number of fused-ring (bicyclic) bond motifs is 1. The zero-order valence-electron chi connectivity index (χ0n) is 12.9. The molecule has 0 radical (unpaired) electrons. The summed E-state index contributed by atoms with van der Waals surface area (Å²) in [5.41, 5.74) is 4.68. The van der Waals surface area contributed by atoms with Gasteiger partial charge in [-0.05, 0) is 24.6 Å². The number of aliphatic imine (C=N–C) groups is 1. The standard InChI is InChI=1S/C19H14N2O2S/c1-10-2-4-11(5-3-10)16-14-15(19(23)20-16)17(21-18(14)22)12-6-8-13(24)9-7-12/h2-9,21-22,24H,1H3. The van der Waals surface area contributed by atoms with E-state index >= 15 is 0 Å². The fourth-order valence-corrected chi connectivity index (χ4v) is 3.06. The molecule has 0 bridgehead atoms. The van der Waals surface area contributed by atoms with Crippen LogP contribution in [0.4, 0.5) is 0 Å². The van der Waals surface area contributed by atoms with E-state index in [0.29, 0.717) is 22.5 Å². The van der Waals surface area contributed by atoms with Crippen molar-refractivity contribution in [2.75, 3.05) is 0 Å². The Morgan fingerprint density at radius 3 is 2.25 bits per heavy atom. The Balaban J connectivity index is 1.87. The molecule has 24 heavy (non-hydrogen) atoms. The van der Waals surface area contributed by atoms with Crippen LogP contribution >= 0.6 is 12.6 Å². The maximum atomic E-state index is 12.5. The summed E-state index contributed by atoms with van der Waals surface area (Å²) in [6.07, 6.45) is 0. The molecule has 2 aromatic carbocycles. The average molecular weight is 334 g/mol. The van der Waals surface area contributed by atoms with Crippen molar-refractivity contribution in [3.05, 3.63) is 70.8 Å². The van der Waals surface area contributed by atoms with Crippen LogP contribution in [0.25, 0.3) is 11.3 Å². The summed E-state index contributed by atoms with van der Waals surface area (Å²) in [5.74, 6) is -0.387. The highest BCUT2D eigenvalue weighted by atomic mass is 32.1. The first-order valence-electron chi connectivity index (χ1n) is 7.49. The third-order valence-corrected chi connectivity index (χ3v) is 4.42. The number of rotatable bonds is 2. The minimum atomic E-state index is -0.345. The summed E-state index contributed by atoms with van der Waals surface area (Å²) in [6, 6.07) is 15.1. The maximum absolute atomic E-state index is 12.5. The molecule has 3 aromatic rings. The molecule has 4 nitrogen and oxygen atoms in total. The monoisotopic (exact) mass is 334 g/mol. The molecule has 0 fully saturated rings. The van der Waals surface area contributed by atoms with Crippen LogP contribution in [0.5, 0.6) is 5.88 Å². The van der Waals surface area contributed by atoms with Gasteiger partial charge in [-0.3, -0.25) is 4.79 Å². The van der Waals surface area contributed by atoms with Crippen LogP contribution in [0.3, 0.4) is 0 Å². The van der Waals surface area contributed by atoms with Crippen LogP contribution in [0.2, 0.25) is 0 Å². The number of hydrogen-bond donors (Lipinski definition) is 3. The molecule has 1 aliphatic heterocycles. The average Bonchev–Trinajstić information content (AvgIpc) is 3.08. The number of nitrogens with one attached hydrogen (secondary N) is 1. The molecule has 0 unspecified atom stereocenters. The molecule has 4 rings (SSSR count). The van der Waals surface area contributed by atoms with E-state index in [1.807, 2.05) is 55.5 Å². The smallest absolute Gasteiger partial charge is 0.280 e. The predicted octanol–water partition coefficient (Wildman–Crippen LogP) is 3.98. The van der Waals surface area contributed by atoms with Crippen LogP contribution in [-0.2, 0) is 0 Å². The van der Waals surface area contributed by atoms with Crippen LogP contribution in [-0.4, -0.2) is 21.7 Å². The number of carbonyl (C=O) groups excluding carboxylic acids is 1. The SMILES string of the molecule is Cc1ccc(C2=NC(=O)c3c(-c4ccc(S)cc4)[nH]c(O)c32)cc1. The number of aromatic nitrogens is 1. The maximum Gasteiger partial charge on any atom is 0.280 e. The number of H-pyrrole nitrogens is 1. The van der Waals surface area contributed by atoms with E-state index in [2.05, 4.69) is 22.6 Å². The van der Waals surface area contributed by atoms with Gasteiger partial charge < -0.3 is 10.1 Å². The summed E-state index contributed by atoms with van der Waals surface area (Å²) in [4.78, 5) is 20.4. The van der Waals surface area contributed by atoms with Crippen molar-refractivity contribution in [1.82, 2.24) is 4.98 Å². The number of aromatic hydroxyl groups is 1. The second kappa shape index (κ2) is 5.39. The van der Waals surface area contributed by atoms with Gasteiger partial charge in [0, 0.05) is 10.5 Å². The molecule has 1 amide bonds. The Morgan fingerprint density at radius 1 is 0.958 bits per heavy atom. The second-order valence-corrected chi connectivity index (χ2v) is 6.29. The van der Waals surface area contributed by atoms with Gasteiger partial charge in [0.25, 0.3) is 5.91 Å². The molecular formula is C19H14N2O2S. The van der Waals surface area contributed by atoms with Crippen molar-refractivity contribution in [2.45, 2.75) is 11.8 Å². The Bertz CT molecular complexity index is 983. The second-order valence-electron chi connectivity index (χ2n) is 5.78. The van der Waals surface area contributed by atoms with Crippen LogP contribution in [0.15, 0.2) is 58.4 Å². The number of carbonyl (C=O) groups is 1. The third kappa shape index (κ3) is 2.25. The third-order valence-electron chi connectivity index (χ3n) is 4.13. The summed E-state index contributed by atoms with van der Waals surface area (Å²) in [6.45, 7) is 1.99. The van der Waals surface area contributed by atoms with Crippen molar-refractivity contribution in [3.8, 4) is 17.1 Å². The van der Waals surface area contributed by atoms with Gasteiger partial charge in [-0.2, -0.15) is 0 Å². The molecule has 0 spiro atoms. The Kier molecular flexibility index (Phi) is 3.32. The van der Waals surface area contributed by atoms with E-state index in [0.717, 1.165) is 21.6 Å². The summed E-state index contributed by atoms with van der Waals surface area (Å²) < 4.78 is 0.